The first kappa shape index (κ1) is 18.4. The van der Waals surface area contributed by atoms with Gasteiger partial charge in [-0.2, -0.15) is 0 Å². The van der Waals surface area contributed by atoms with Crippen molar-refractivity contribution in [2.24, 2.45) is 0 Å². The van der Waals surface area contributed by atoms with Crippen LogP contribution in [0.25, 0.3) is 0 Å². The molecule has 0 aromatic heterocycles. The van der Waals surface area contributed by atoms with E-state index in [1.165, 1.54) is 37.5 Å². The molecule has 2 rings (SSSR count). The van der Waals surface area contributed by atoms with E-state index in [0.717, 1.165) is 13.1 Å². The molecule has 1 aliphatic rings. The topological polar surface area (TPSA) is 58.6 Å². The van der Waals surface area contributed by atoms with Gasteiger partial charge in [-0.1, -0.05) is 36.2 Å². The van der Waals surface area contributed by atoms with Crippen LogP contribution in [0, 0.1) is 6.92 Å². The summed E-state index contributed by atoms with van der Waals surface area (Å²) in [4.78, 5) is 2.40. The molecule has 0 saturated carbocycles. The Labute approximate surface area is 140 Å². The first-order chi connectivity index (χ1) is 11.0. The highest BCUT2D eigenvalue weighted by Gasteiger charge is 2.24. The van der Waals surface area contributed by atoms with Gasteiger partial charge >= 0.3 is 0 Å². The maximum Gasteiger partial charge on any atom is 0.213 e. The zero-order chi connectivity index (χ0) is 16.7. The molecule has 6 heteroatoms. The largest absolute Gasteiger partial charge is 0.384 e. The Morgan fingerprint density at radius 3 is 2.43 bits per heavy atom. The summed E-state index contributed by atoms with van der Waals surface area (Å²) in [6.45, 7) is 4.74. The molecular formula is C17H28N2O3S. The first-order valence-corrected chi connectivity index (χ1v) is 9.94. The second-order valence-electron chi connectivity index (χ2n) is 6.18. The zero-order valence-electron chi connectivity index (χ0n) is 14.1. The number of rotatable bonds is 8. The summed E-state index contributed by atoms with van der Waals surface area (Å²) < 4.78 is 31.7. The predicted molar refractivity (Wildman–Crippen MR) is 93.0 cm³/mol. The molecule has 0 bridgehead atoms. The van der Waals surface area contributed by atoms with Crippen LogP contribution in [0.15, 0.2) is 24.3 Å². The maximum absolute atomic E-state index is 12.1. The monoisotopic (exact) mass is 340 g/mol. The van der Waals surface area contributed by atoms with Crippen LogP contribution >= 0.6 is 0 Å². The van der Waals surface area contributed by atoms with E-state index < -0.39 is 10.0 Å². The van der Waals surface area contributed by atoms with Crippen LogP contribution in [0.2, 0.25) is 0 Å². The van der Waals surface area contributed by atoms with E-state index in [2.05, 4.69) is 40.8 Å². The summed E-state index contributed by atoms with van der Waals surface area (Å²) in [5, 5.41) is 0. The molecule has 1 N–H and O–H groups in total. The van der Waals surface area contributed by atoms with Gasteiger partial charge in [-0.05, 0) is 38.4 Å². The molecule has 1 aromatic rings. The molecule has 5 nitrogen and oxygen atoms in total. The van der Waals surface area contributed by atoms with Gasteiger partial charge in [-0.15, -0.1) is 0 Å². The van der Waals surface area contributed by atoms with E-state index in [9.17, 15) is 8.42 Å². The Morgan fingerprint density at radius 1 is 1.17 bits per heavy atom. The molecule has 0 amide bonds. The average Bonchev–Trinajstić information content (AvgIpc) is 2.56. The fourth-order valence-electron chi connectivity index (χ4n) is 2.95. The van der Waals surface area contributed by atoms with E-state index in [-0.39, 0.29) is 18.4 Å². The average molecular weight is 340 g/mol. The highest BCUT2D eigenvalue weighted by molar-refractivity contribution is 7.89. The third-order valence-corrected chi connectivity index (χ3v) is 5.66. The minimum atomic E-state index is -3.30. The van der Waals surface area contributed by atoms with Crippen molar-refractivity contribution in [3.63, 3.8) is 0 Å². The first-order valence-electron chi connectivity index (χ1n) is 8.29. The van der Waals surface area contributed by atoms with Gasteiger partial charge in [0.15, 0.2) is 0 Å². The summed E-state index contributed by atoms with van der Waals surface area (Å²) in [5.74, 6) is 0.00409. The molecule has 130 valence electrons. The van der Waals surface area contributed by atoms with Gasteiger partial charge in [0.2, 0.25) is 10.0 Å². The lowest BCUT2D eigenvalue weighted by atomic mass is 10.0. The lowest BCUT2D eigenvalue weighted by Gasteiger charge is -2.35. The van der Waals surface area contributed by atoms with Gasteiger partial charge in [0.1, 0.15) is 0 Å². The minimum Gasteiger partial charge on any atom is -0.384 e. The van der Waals surface area contributed by atoms with Crippen molar-refractivity contribution in [2.75, 3.05) is 39.1 Å². The number of hydrogen-bond donors (Lipinski definition) is 1. The number of aryl methyl sites for hydroxylation is 1. The Hall–Kier alpha value is -0.950. The molecule has 0 spiro atoms. The van der Waals surface area contributed by atoms with E-state index in [1.54, 1.807) is 0 Å². The summed E-state index contributed by atoms with van der Waals surface area (Å²) in [5.41, 5.74) is 2.39. The number of sulfonamides is 1. The van der Waals surface area contributed by atoms with Crippen LogP contribution in [0.4, 0.5) is 0 Å². The molecule has 0 aliphatic carbocycles. The fourth-order valence-corrected chi connectivity index (χ4v) is 3.89. The Morgan fingerprint density at radius 2 is 1.83 bits per heavy atom. The van der Waals surface area contributed by atoms with Crippen LogP contribution in [0.1, 0.15) is 36.4 Å². The predicted octanol–water partition coefficient (Wildman–Crippen LogP) is 2.09. The van der Waals surface area contributed by atoms with Crippen molar-refractivity contribution in [2.45, 2.75) is 32.2 Å². The van der Waals surface area contributed by atoms with E-state index in [4.69, 9.17) is 4.74 Å². The lowest BCUT2D eigenvalue weighted by Crippen LogP contribution is -2.41. The maximum atomic E-state index is 12.1. The summed E-state index contributed by atoms with van der Waals surface area (Å²) in [6.07, 6.45) is 3.62. The fraction of sp³-hybridized carbons (Fsp3) is 0.647. The van der Waals surface area contributed by atoms with Crippen LogP contribution in [-0.2, 0) is 14.8 Å². The normalized spacial score (nSPS) is 18.0. The zero-order valence-corrected chi connectivity index (χ0v) is 14.9. The van der Waals surface area contributed by atoms with Crippen molar-refractivity contribution in [1.82, 2.24) is 9.62 Å². The number of benzene rings is 1. The van der Waals surface area contributed by atoms with Crippen molar-refractivity contribution < 1.29 is 13.2 Å². The molecule has 1 aromatic carbocycles. The second kappa shape index (κ2) is 8.78. The van der Waals surface area contributed by atoms with Gasteiger partial charge in [0.25, 0.3) is 0 Å². The summed E-state index contributed by atoms with van der Waals surface area (Å²) in [6, 6.07) is 8.49. The molecular weight excluding hydrogens is 312 g/mol. The van der Waals surface area contributed by atoms with Crippen molar-refractivity contribution in [3.8, 4) is 0 Å². The number of likely N-dealkylation sites (tertiary alicyclic amines) is 1. The third kappa shape index (κ3) is 5.88. The number of hydrogen-bond acceptors (Lipinski definition) is 4. The van der Waals surface area contributed by atoms with Gasteiger partial charge in [-0.3, -0.25) is 4.90 Å². The Bertz CT molecular complexity index is 566. The molecule has 1 fully saturated rings. The molecule has 1 heterocycles. The smallest absolute Gasteiger partial charge is 0.213 e. The number of methoxy groups -OCH3 is 1. The summed E-state index contributed by atoms with van der Waals surface area (Å²) in [7, 11) is -1.78. The number of nitrogens with zero attached hydrogens (tertiary/aromatic N) is 1. The van der Waals surface area contributed by atoms with Crippen molar-refractivity contribution in [1.29, 1.82) is 0 Å². The highest BCUT2D eigenvalue weighted by Crippen LogP contribution is 2.24. The minimum absolute atomic E-state index is 0.00409. The van der Waals surface area contributed by atoms with E-state index >= 15 is 0 Å². The van der Waals surface area contributed by atoms with Crippen LogP contribution in [0.5, 0.6) is 0 Å². The number of ether oxygens (including phenoxy) is 1. The van der Waals surface area contributed by atoms with Crippen LogP contribution < -0.4 is 4.72 Å². The Balaban J connectivity index is 2.08. The third-order valence-electron chi connectivity index (χ3n) is 4.35. The second-order valence-corrected chi connectivity index (χ2v) is 8.11. The molecule has 1 atom stereocenters. The van der Waals surface area contributed by atoms with E-state index in [0.29, 0.717) is 6.54 Å². The molecule has 1 saturated heterocycles. The van der Waals surface area contributed by atoms with E-state index in [1.807, 2.05) is 0 Å². The van der Waals surface area contributed by atoms with Crippen LogP contribution in [0.3, 0.4) is 0 Å². The van der Waals surface area contributed by atoms with Crippen molar-refractivity contribution >= 4 is 10.0 Å². The Kier molecular flexibility index (Phi) is 7.02. The lowest BCUT2D eigenvalue weighted by molar-refractivity contribution is 0.164. The number of piperidine rings is 1. The quantitative estimate of drug-likeness (QED) is 0.787. The standard InChI is InChI=1S/C17H28N2O3S/c1-15-6-8-16(9-7-15)17(19-10-4-3-5-11-19)14-18-23(20,21)13-12-22-2/h6-9,17-18H,3-5,10-14H2,1-2H3. The van der Waals surface area contributed by atoms with Crippen molar-refractivity contribution in [3.05, 3.63) is 35.4 Å². The van der Waals surface area contributed by atoms with Gasteiger partial charge in [0, 0.05) is 19.7 Å². The van der Waals surface area contributed by atoms with Gasteiger partial charge < -0.3 is 4.74 Å². The SMILES string of the molecule is COCCS(=O)(=O)NCC(c1ccc(C)cc1)N1CCCCC1. The molecule has 0 radical (unpaired) electrons. The van der Waals surface area contributed by atoms with Gasteiger partial charge in [-0.25, -0.2) is 13.1 Å². The van der Waals surface area contributed by atoms with Crippen LogP contribution in [-0.4, -0.2) is 52.4 Å². The molecule has 1 aliphatic heterocycles. The molecule has 1 unspecified atom stereocenters. The molecule has 23 heavy (non-hydrogen) atoms. The number of nitrogens with one attached hydrogen (secondary N) is 1. The van der Waals surface area contributed by atoms with Gasteiger partial charge in [0.05, 0.1) is 12.4 Å². The highest BCUT2D eigenvalue weighted by atomic mass is 32.2. The summed E-state index contributed by atoms with van der Waals surface area (Å²) >= 11 is 0.